The highest BCUT2D eigenvalue weighted by molar-refractivity contribution is 5.82. The number of benzene rings is 1. The van der Waals surface area contributed by atoms with Crippen molar-refractivity contribution in [3.8, 4) is 0 Å². The van der Waals surface area contributed by atoms with Gasteiger partial charge in [-0.15, -0.1) is 0 Å². The SMILES string of the molecule is C=C(C)N1CCC2(CC1)CN(Cc1ccc(Cn3c(=O)[nH]c4c(N)nc(NCCCC)nc43)cc1)C2. The molecule has 0 amide bonds. The molecule has 0 aliphatic carbocycles. The zero-order valence-electron chi connectivity index (χ0n) is 21.5. The second-order valence-corrected chi connectivity index (χ2v) is 10.6. The summed E-state index contributed by atoms with van der Waals surface area (Å²) < 4.78 is 1.63. The minimum absolute atomic E-state index is 0.232. The van der Waals surface area contributed by atoms with Gasteiger partial charge in [0.25, 0.3) is 0 Å². The molecule has 1 spiro atoms. The van der Waals surface area contributed by atoms with Crippen LogP contribution < -0.4 is 16.7 Å². The fourth-order valence-electron chi connectivity index (χ4n) is 5.54. The highest BCUT2D eigenvalue weighted by Gasteiger charge is 2.44. The van der Waals surface area contributed by atoms with Crippen molar-refractivity contribution in [2.75, 3.05) is 43.8 Å². The second kappa shape index (κ2) is 9.97. The Hall–Kier alpha value is -3.33. The molecule has 9 heteroatoms. The van der Waals surface area contributed by atoms with Gasteiger partial charge in [0, 0.05) is 45.0 Å². The molecule has 9 nitrogen and oxygen atoms in total. The molecule has 2 saturated heterocycles. The van der Waals surface area contributed by atoms with Gasteiger partial charge in [0.05, 0.1) is 6.54 Å². The lowest BCUT2D eigenvalue weighted by Gasteiger charge is -2.54. The molecule has 5 rings (SSSR count). The van der Waals surface area contributed by atoms with Crippen molar-refractivity contribution in [3.05, 3.63) is 58.2 Å². The number of hydrogen-bond acceptors (Lipinski definition) is 7. The van der Waals surface area contributed by atoms with E-state index in [2.05, 4.69) is 74.8 Å². The molecule has 3 aromatic rings. The van der Waals surface area contributed by atoms with E-state index in [9.17, 15) is 4.79 Å². The van der Waals surface area contributed by atoms with Gasteiger partial charge in [0.2, 0.25) is 5.95 Å². The topological polar surface area (TPSA) is 108 Å². The molecule has 4 N–H and O–H groups in total. The number of H-pyrrole nitrogens is 1. The average Bonchev–Trinajstić information content (AvgIpc) is 3.15. The Balaban J connectivity index is 1.21. The standard InChI is InChI=1S/C27H38N8O/c1-4-5-12-29-25-31-23(28)22-24(32-25)35(26(36)30-22)16-21-8-6-20(7-9-21)15-33-17-27(18-33)10-13-34(14-11-27)19(2)3/h6-9H,2,4-5,10-18H2,1,3H3,(H,30,36)(H3,28,29,31,32). The van der Waals surface area contributed by atoms with Crippen molar-refractivity contribution in [2.24, 2.45) is 5.41 Å². The lowest BCUT2D eigenvalue weighted by atomic mass is 9.72. The summed E-state index contributed by atoms with van der Waals surface area (Å²) in [7, 11) is 0. The molecule has 36 heavy (non-hydrogen) atoms. The predicted molar refractivity (Wildman–Crippen MR) is 145 cm³/mol. The van der Waals surface area contributed by atoms with Crippen molar-refractivity contribution >= 4 is 22.9 Å². The zero-order valence-corrected chi connectivity index (χ0v) is 21.5. The summed E-state index contributed by atoms with van der Waals surface area (Å²) in [6, 6.07) is 8.55. The number of hydrogen-bond donors (Lipinski definition) is 3. The fraction of sp³-hybridized carbons (Fsp3) is 0.519. The van der Waals surface area contributed by atoms with Crippen LogP contribution in [0.1, 0.15) is 50.7 Å². The van der Waals surface area contributed by atoms with Gasteiger partial charge in [0.15, 0.2) is 11.5 Å². The van der Waals surface area contributed by atoms with E-state index < -0.39 is 0 Å². The number of nitrogens with zero attached hydrogens (tertiary/aromatic N) is 5. The number of nitrogens with one attached hydrogen (secondary N) is 2. The first-order chi connectivity index (χ1) is 17.4. The Morgan fingerprint density at radius 3 is 2.44 bits per heavy atom. The van der Waals surface area contributed by atoms with Crippen LogP contribution in [0.3, 0.4) is 0 Å². The van der Waals surface area contributed by atoms with E-state index in [4.69, 9.17) is 5.73 Å². The van der Waals surface area contributed by atoms with Crippen molar-refractivity contribution in [3.63, 3.8) is 0 Å². The summed E-state index contributed by atoms with van der Waals surface area (Å²) >= 11 is 0. The summed E-state index contributed by atoms with van der Waals surface area (Å²) in [5, 5.41) is 3.20. The van der Waals surface area contributed by atoms with Crippen LogP contribution in [0.2, 0.25) is 0 Å². The molecular weight excluding hydrogens is 452 g/mol. The van der Waals surface area contributed by atoms with E-state index in [1.807, 2.05) is 0 Å². The van der Waals surface area contributed by atoms with Gasteiger partial charge in [-0.25, -0.2) is 4.79 Å². The van der Waals surface area contributed by atoms with Gasteiger partial charge in [-0.1, -0.05) is 44.2 Å². The predicted octanol–water partition coefficient (Wildman–Crippen LogP) is 3.39. The lowest BCUT2D eigenvalue weighted by molar-refractivity contribution is -0.0457. The summed E-state index contributed by atoms with van der Waals surface area (Å²) in [6.45, 7) is 15.1. The smallest absolute Gasteiger partial charge is 0.328 e. The van der Waals surface area contributed by atoms with E-state index in [0.29, 0.717) is 29.1 Å². The van der Waals surface area contributed by atoms with E-state index in [0.717, 1.165) is 44.6 Å². The van der Waals surface area contributed by atoms with Crippen LogP contribution >= 0.6 is 0 Å². The summed E-state index contributed by atoms with van der Waals surface area (Å²) in [5.41, 5.74) is 10.9. The van der Waals surface area contributed by atoms with Gasteiger partial charge in [-0.05, 0) is 42.7 Å². The van der Waals surface area contributed by atoms with E-state index in [1.54, 1.807) is 4.57 Å². The number of anilines is 2. The Bertz CT molecular complexity index is 1280. The molecule has 2 aromatic heterocycles. The number of unbranched alkanes of at least 4 members (excludes halogenated alkanes) is 1. The van der Waals surface area contributed by atoms with Gasteiger partial charge >= 0.3 is 5.69 Å². The van der Waals surface area contributed by atoms with Crippen molar-refractivity contribution in [1.82, 2.24) is 29.3 Å². The molecule has 192 valence electrons. The number of rotatable bonds is 9. The average molecular weight is 491 g/mol. The Morgan fingerprint density at radius 2 is 1.81 bits per heavy atom. The first-order valence-corrected chi connectivity index (χ1v) is 13.1. The number of nitrogens with two attached hydrogens (primary N) is 1. The Kier molecular flexibility index (Phi) is 6.75. The highest BCUT2D eigenvalue weighted by atomic mass is 16.1. The number of aromatic nitrogens is 4. The van der Waals surface area contributed by atoms with Gasteiger partial charge in [0.1, 0.15) is 5.52 Å². The normalized spacial score (nSPS) is 17.4. The molecule has 0 radical (unpaired) electrons. The van der Waals surface area contributed by atoms with Gasteiger partial charge in [-0.2, -0.15) is 9.97 Å². The highest BCUT2D eigenvalue weighted by Crippen LogP contribution is 2.41. The molecule has 2 aliphatic heterocycles. The number of aromatic amines is 1. The lowest BCUT2D eigenvalue weighted by Crippen LogP contribution is -2.59. The van der Waals surface area contributed by atoms with Crippen molar-refractivity contribution in [1.29, 1.82) is 0 Å². The third-order valence-electron chi connectivity index (χ3n) is 7.72. The summed E-state index contributed by atoms with van der Waals surface area (Å²) in [4.78, 5) is 29.3. The monoisotopic (exact) mass is 490 g/mol. The van der Waals surface area contributed by atoms with Crippen molar-refractivity contribution in [2.45, 2.75) is 52.6 Å². The maximum Gasteiger partial charge on any atom is 0.328 e. The largest absolute Gasteiger partial charge is 0.382 e. The quantitative estimate of drug-likeness (QED) is 0.395. The zero-order chi connectivity index (χ0) is 25.3. The third kappa shape index (κ3) is 4.97. The van der Waals surface area contributed by atoms with E-state index >= 15 is 0 Å². The first-order valence-electron chi connectivity index (χ1n) is 13.1. The minimum atomic E-state index is -0.232. The number of piperidine rings is 1. The van der Waals surface area contributed by atoms with Crippen LogP contribution in [0.25, 0.3) is 11.2 Å². The fourth-order valence-corrected chi connectivity index (χ4v) is 5.54. The molecule has 2 aliphatic rings. The number of nitrogen functional groups attached to an aromatic ring is 1. The van der Waals surface area contributed by atoms with Crippen LogP contribution in [0, 0.1) is 5.41 Å². The maximum atomic E-state index is 12.7. The first kappa shape index (κ1) is 24.4. The van der Waals surface area contributed by atoms with Crippen molar-refractivity contribution < 1.29 is 0 Å². The van der Waals surface area contributed by atoms with Gasteiger partial charge in [-0.3, -0.25) is 9.47 Å². The van der Waals surface area contributed by atoms with Crippen LogP contribution in [-0.4, -0.2) is 62.0 Å². The van der Waals surface area contributed by atoms with Crippen LogP contribution in [0.15, 0.2) is 41.3 Å². The molecule has 0 bridgehead atoms. The molecule has 2 fully saturated rings. The molecule has 0 atom stereocenters. The summed E-state index contributed by atoms with van der Waals surface area (Å²) in [5.74, 6) is 0.733. The van der Waals surface area contributed by atoms with Crippen LogP contribution in [0.4, 0.5) is 11.8 Å². The maximum absolute atomic E-state index is 12.7. The second-order valence-electron chi connectivity index (χ2n) is 10.6. The van der Waals surface area contributed by atoms with E-state index in [1.165, 1.54) is 37.2 Å². The Morgan fingerprint density at radius 1 is 1.14 bits per heavy atom. The molecule has 0 saturated carbocycles. The van der Waals surface area contributed by atoms with Crippen LogP contribution in [-0.2, 0) is 13.1 Å². The number of allylic oxidation sites excluding steroid dienone is 1. The number of imidazole rings is 1. The number of fused-ring (bicyclic) bond motifs is 1. The molecular formula is C27H38N8O. The summed E-state index contributed by atoms with van der Waals surface area (Å²) in [6.07, 6.45) is 4.61. The molecule has 1 aromatic carbocycles. The van der Waals surface area contributed by atoms with Crippen LogP contribution in [0.5, 0.6) is 0 Å². The van der Waals surface area contributed by atoms with Gasteiger partial charge < -0.3 is 20.9 Å². The minimum Gasteiger partial charge on any atom is -0.382 e. The molecule has 4 heterocycles. The number of likely N-dealkylation sites (tertiary alicyclic amines) is 2. The van der Waals surface area contributed by atoms with E-state index in [-0.39, 0.29) is 11.5 Å². The third-order valence-corrected chi connectivity index (χ3v) is 7.72. The molecule has 0 unspecified atom stereocenters. The Labute approximate surface area is 212 Å².